The van der Waals surface area contributed by atoms with Crippen molar-refractivity contribution in [2.24, 2.45) is 0 Å². The van der Waals surface area contributed by atoms with Crippen LogP contribution < -0.4 is 19.5 Å². The van der Waals surface area contributed by atoms with Crippen LogP contribution in [0.1, 0.15) is 50.5 Å². The summed E-state index contributed by atoms with van der Waals surface area (Å²) in [7, 11) is 1.63. The Morgan fingerprint density at radius 2 is 2.00 bits per heavy atom. The van der Waals surface area contributed by atoms with Gasteiger partial charge in [-0.05, 0) is 30.5 Å². The molecule has 0 spiro atoms. The molecule has 1 saturated heterocycles. The molecule has 3 aliphatic rings. The Hall–Kier alpha value is -1.95. The van der Waals surface area contributed by atoms with Gasteiger partial charge >= 0.3 is 0 Å². The smallest absolute Gasteiger partial charge is 0.231 e. The third-order valence-electron chi connectivity index (χ3n) is 5.74. The van der Waals surface area contributed by atoms with E-state index < -0.39 is 0 Å². The number of methoxy groups -OCH3 is 1. The maximum atomic E-state index is 12.5. The summed E-state index contributed by atoms with van der Waals surface area (Å²) in [6.07, 6.45) is 8.05. The maximum absolute atomic E-state index is 12.5. The summed E-state index contributed by atoms with van der Waals surface area (Å²) < 4.78 is 16.3. The number of amides is 1. The number of rotatable bonds is 5. The third kappa shape index (κ3) is 3.61. The zero-order valence-corrected chi connectivity index (χ0v) is 15.5. The van der Waals surface area contributed by atoms with E-state index in [1.165, 1.54) is 25.7 Å². The van der Waals surface area contributed by atoms with Crippen LogP contribution in [-0.4, -0.2) is 43.3 Å². The molecule has 6 nitrogen and oxygen atoms in total. The van der Waals surface area contributed by atoms with Gasteiger partial charge in [-0.2, -0.15) is 0 Å². The van der Waals surface area contributed by atoms with Crippen molar-refractivity contribution in [3.63, 3.8) is 0 Å². The molecule has 1 aliphatic carbocycles. The summed E-state index contributed by atoms with van der Waals surface area (Å²) in [5.74, 6) is 2.40. The van der Waals surface area contributed by atoms with Crippen LogP contribution in [0, 0.1) is 0 Å². The molecule has 6 heteroatoms. The van der Waals surface area contributed by atoms with Gasteiger partial charge in [-0.1, -0.05) is 25.7 Å². The minimum atomic E-state index is 0.210. The van der Waals surface area contributed by atoms with Crippen molar-refractivity contribution in [1.82, 2.24) is 10.2 Å². The Morgan fingerprint density at radius 1 is 1.19 bits per heavy atom. The molecule has 0 aromatic heterocycles. The van der Waals surface area contributed by atoms with Gasteiger partial charge in [0.05, 0.1) is 7.11 Å². The molecule has 2 fully saturated rings. The van der Waals surface area contributed by atoms with Crippen molar-refractivity contribution >= 4 is 5.91 Å². The molecule has 26 heavy (non-hydrogen) atoms. The van der Waals surface area contributed by atoms with Crippen LogP contribution in [0.3, 0.4) is 0 Å². The highest BCUT2D eigenvalue weighted by molar-refractivity contribution is 5.79. The second-order valence-electron chi connectivity index (χ2n) is 7.51. The topological polar surface area (TPSA) is 60.0 Å². The fourth-order valence-corrected chi connectivity index (χ4v) is 4.34. The molecule has 1 unspecified atom stereocenters. The van der Waals surface area contributed by atoms with Crippen molar-refractivity contribution in [1.29, 1.82) is 0 Å². The highest BCUT2D eigenvalue weighted by atomic mass is 16.7. The monoisotopic (exact) mass is 360 g/mol. The number of nitrogens with one attached hydrogen (secondary N) is 1. The van der Waals surface area contributed by atoms with Gasteiger partial charge in [0.2, 0.25) is 18.4 Å². The first-order chi connectivity index (χ1) is 12.7. The van der Waals surface area contributed by atoms with Crippen molar-refractivity contribution in [3.05, 3.63) is 17.7 Å². The highest BCUT2D eigenvalue weighted by Crippen LogP contribution is 2.41. The number of fused-ring (bicyclic) bond motifs is 1. The first kappa shape index (κ1) is 17.5. The predicted octanol–water partition coefficient (Wildman–Crippen LogP) is 2.84. The van der Waals surface area contributed by atoms with Crippen molar-refractivity contribution in [2.75, 3.05) is 20.4 Å². The van der Waals surface area contributed by atoms with E-state index in [1.54, 1.807) is 7.11 Å². The third-order valence-corrected chi connectivity index (χ3v) is 5.74. The van der Waals surface area contributed by atoms with Crippen molar-refractivity contribution < 1.29 is 19.0 Å². The molecule has 2 aliphatic heterocycles. The lowest BCUT2D eigenvalue weighted by Crippen LogP contribution is -2.38. The van der Waals surface area contributed by atoms with Gasteiger partial charge < -0.3 is 24.4 Å². The molecule has 4 rings (SSSR count). The molecule has 1 aromatic carbocycles. The lowest BCUT2D eigenvalue weighted by atomic mass is 10.1. The first-order valence-electron chi connectivity index (χ1n) is 9.74. The minimum absolute atomic E-state index is 0.210. The molecule has 1 saturated carbocycles. The van der Waals surface area contributed by atoms with Crippen LogP contribution in [0.25, 0.3) is 0 Å². The molecule has 2 heterocycles. The van der Waals surface area contributed by atoms with E-state index >= 15 is 0 Å². The van der Waals surface area contributed by atoms with Gasteiger partial charge in [-0.15, -0.1) is 0 Å². The van der Waals surface area contributed by atoms with Gasteiger partial charge in [0.15, 0.2) is 11.5 Å². The summed E-state index contributed by atoms with van der Waals surface area (Å²) in [5.41, 5.74) is 1.08. The minimum Gasteiger partial charge on any atom is -0.493 e. The second-order valence-corrected chi connectivity index (χ2v) is 7.51. The average Bonchev–Trinajstić information content (AvgIpc) is 3.17. The number of hydrogen-bond acceptors (Lipinski definition) is 5. The van der Waals surface area contributed by atoms with E-state index in [0.29, 0.717) is 36.4 Å². The van der Waals surface area contributed by atoms with Crippen LogP contribution in [0.4, 0.5) is 0 Å². The van der Waals surface area contributed by atoms with E-state index in [1.807, 2.05) is 12.1 Å². The Morgan fingerprint density at radius 3 is 2.77 bits per heavy atom. The van der Waals surface area contributed by atoms with Gasteiger partial charge in [-0.25, -0.2) is 0 Å². The SMILES string of the molecule is COc1cc(CNC2CC(=O)N(C3CCCCCC3)C2)cc2c1OCO2. The van der Waals surface area contributed by atoms with E-state index in [-0.39, 0.29) is 12.8 Å². The number of carbonyl (C=O) groups is 1. The Kier molecular flexibility index (Phi) is 5.20. The van der Waals surface area contributed by atoms with Crippen LogP contribution in [-0.2, 0) is 11.3 Å². The highest BCUT2D eigenvalue weighted by Gasteiger charge is 2.34. The van der Waals surface area contributed by atoms with E-state index in [9.17, 15) is 4.79 Å². The molecule has 1 amide bonds. The van der Waals surface area contributed by atoms with Gasteiger partial charge in [0, 0.05) is 31.6 Å². The van der Waals surface area contributed by atoms with Gasteiger partial charge in [0.1, 0.15) is 0 Å². The molecular weight excluding hydrogens is 332 g/mol. The number of hydrogen-bond donors (Lipinski definition) is 1. The van der Waals surface area contributed by atoms with Crippen LogP contribution in [0.15, 0.2) is 12.1 Å². The summed E-state index contributed by atoms with van der Waals surface area (Å²) in [6.45, 7) is 1.74. The van der Waals surface area contributed by atoms with E-state index in [2.05, 4.69) is 10.2 Å². The molecule has 1 atom stereocenters. The Labute approximate surface area is 154 Å². The number of likely N-dealkylation sites (tertiary alicyclic amines) is 1. The average molecular weight is 360 g/mol. The van der Waals surface area contributed by atoms with E-state index in [4.69, 9.17) is 14.2 Å². The van der Waals surface area contributed by atoms with Crippen molar-refractivity contribution in [3.8, 4) is 17.2 Å². The fraction of sp³-hybridized carbons (Fsp3) is 0.650. The molecule has 0 radical (unpaired) electrons. The first-order valence-corrected chi connectivity index (χ1v) is 9.74. The number of benzene rings is 1. The van der Waals surface area contributed by atoms with Crippen molar-refractivity contribution in [2.45, 2.75) is 63.6 Å². The zero-order chi connectivity index (χ0) is 17.9. The Balaban J connectivity index is 1.36. The van der Waals surface area contributed by atoms with Gasteiger partial charge in [-0.3, -0.25) is 4.79 Å². The summed E-state index contributed by atoms with van der Waals surface area (Å²) in [4.78, 5) is 14.6. The normalized spacial score (nSPS) is 23.3. The largest absolute Gasteiger partial charge is 0.493 e. The number of ether oxygens (including phenoxy) is 3. The molecule has 1 aromatic rings. The summed E-state index contributed by atoms with van der Waals surface area (Å²) in [6, 6.07) is 4.61. The van der Waals surface area contributed by atoms with Gasteiger partial charge in [0.25, 0.3) is 0 Å². The molecule has 142 valence electrons. The zero-order valence-electron chi connectivity index (χ0n) is 15.5. The maximum Gasteiger partial charge on any atom is 0.231 e. The predicted molar refractivity (Wildman–Crippen MR) is 97.6 cm³/mol. The Bertz CT molecular complexity index is 655. The van der Waals surface area contributed by atoms with Crippen LogP contribution in [0.5, 0.6) is 17.2 Å². The number of carbonyl (C=O) groups excluding carboxylic acids is 1. The summed E-state index contributed by atoms with van der Waals surface area (Å²) in [5, 5.41) is 3.54. The molecular formula is C20H28N2O4. The standard InChI is InChI=1S/C20H28N2O4/c1-24-17-8-14(9-18-20(17)26-13-25-18)11-21-15-10-19(23)22(12-15)16-6-4-2-3-5-7-16/h8-9,15-16,21H,2-7,10-13H2,1H3. The molecule has 1 N–H and O–H groups in total. The second kappa shape index (κ2) is 7.74. The summed E-state index contributed by atoms with van der Waals surface area (Å²) >= 11 is 0. The van der Waals surface area contributed by atoms with Crippen LogP contribution >= 0.6 is 0 Å². The lowest BCUT2D eigenvalue weighted by molar-refractivity contribution is -0.129. The molecule has 0 bridgehead atoms. The van der Waals surface area contributed by atoms with Crippen LogP contribution in [0.2, 0.25) is 0 Å². The fourth-order valence-electron chi connectivity index (χ4n) is 4.34. The quantitative estimate of drug-likeness (QED) is 0.818. The number of nitrogens with zero attached hydrogens (tertiary/aromatic N) is 1. The van der Waals surface area contributed by atoms with E-state index in [0.717, 1.165) is 30.7 Å². The lowest BCUT2D eigenvalue weighted by Gasteiger charge is -2.27.